The minimum atomic E-state index is 0.742. The van der Waals surface area contributed by atoms with Crippen molar-refractivity contribution in [3.05, 3.63) is 52.2 Å². The van der Waals surface area contributed by atoms with Crippen LogP contribution in [-0.4, -0.2) is 6.29 Å². The first-order valence-electron chi connectivity index (χ1n) is 4.59. The molecule has 0 N–H and O–H groups in total. The van der Waals surface area contributed by atoms with Crippen LogP contribution in [0.1, 0.15) is 15.2 Å². The van der Waals surface area contributed by atoms with Crippen molar-refractivity contribution in [1.29, 1.82) is 0 Å². The van der Waals surface area contributed by atoms with Crippen LogP contribution in [0.5, 0.6) is 0 Å². The molecule has 0 amide bonds. The van der Waals surface area contributed by atoms with Crippen molar-refractivity contribution in [2.75, 3.05) is 0 Å². The lowest BCUT2D eigenvalue weighted by atomic mass is 10.2. The molecule has 0 aliphatic rings. The molecule has 0 radical (unpaired) electrons. The van der Waals surface area contributed by atoms with Crippen LogP contribution in [0, 0.1) is 0 Å². The normalized spacial score (nSPS) is 10.1. The molecule has 0 aliphatic heterocycles. The fourth-order valence-electron chi connectivity index (χ4n) is 1.23. The molecule has 0 fully saturated rings. The van der Waals surface area contributed by atoms with Gasteiger partial charge in [0.05, 0.1) is 0 Å². The van der Waals surface area contributed by atoms with E-state index in [9.17, 15) is 4.79 Å². The fourth-order valence-corrected chi connectivity index (χ4v) is 2.96. The van der Waals surface area contributed by atoms with Crippen LogP contribution in [0.4, 0.5) is 0 Å². The number of hydrogen-bond donors (Lipinski definition) is 0. The van der Waals surface area contributed by atoms with E-state index >= 15 is 0 Å². The van der Waals surface area contributed by atoms with E-state index in [-0.39, 0.29) is 0 Å². The van der Waals surface area contributed by atoms with Gasteiger partial charge in [-0.15, -0.1) is 23.1 Å². The zero-order valence-corrected chi connectivity index (χ0v) is 9.68. The minimum absolute atomic E-state index is 0.742. The van der Waals surface area contributed by atoms with E-state index in [0.29, 0.717) is 0 Å². The predicted molar refractivity (Wildman–Crippen MR) is 65.7 cm³/mol. The fraction of sp³-hybridized carbons (Fsp3) is 0.0833. The van der Waals surface area contributed by atoms with Gasteiger partial charge in [0, 0.05) is 21.1 Å². The Labute approximate surface area is 97.1 Å². The quantitative estimate of drug-likeness (QED) is 0.590. The van der Waals surface area contributed by atoms with Crippen LogP contribution in [0.15, 0.2) is 46.7 Å². The van der Waals surface area contributed by atoms with Gasteiger partial charge in [-0.05, 0) is 23.6 Å². The molecule has 0 aliphatic carbocycles. The molecule has 0 bridgehead atoms. The summed E-state index contributed by atoms with van der Waals surface area (Å²) in [5.41, 5.74) is 0.742. The zero-order chi connectivity index (χ0) is 10.5. The van der Waals surface area contributed by atoms with Gasteiger partial charge in [-0.3, -0.25) is 4.79 Å². The predicted octanol–water partition coefficient (Wildman–Crippen LogP) is 3.85. The Balaban J connectivity index is 2.01. The smallest absolute Gasteiger partial charge is 0.150 e. The van der Waals surface area contributed by atoms with Crippen LogP contribution >= 0.6 is 23.1 Å². The largest absolute Gasteiger partial charge is 0.298 e. The van der Waals surface area contributed by atoms with E-state index in [2.05, 4.69) is 17.5 Å². The van der Waals surface area contributed by atoms with Gasteiger partial charge in [0.2, 0.25) is 0 Å². The number of aldehydes is 1. The number of benzene rings is 1. The second-order valence-corrected chi connectivity index (χ2v) is 5.14. The summed E-state index contributed by atoms with van der Waals surface area (Å²) in [6.45, 7) is 0. The summed E-state index contributed by atoms with van der Waals surface area (Å²) in [5, 5.41) is 2.08. The Morgan fingerprint density at radius 3 is 2.93 bits per heavy atom. The van der Waals surface area contributed by atoms with Crippen molar-refractivity contribution < 1.29 is 4.79 Å². The average molecular weight is 234 g/mol. The van der Waals surface area contributed by atoms with Gasteiger partial charge >= 0.3 is 0 Å². The summed E-state index contributed by atoms with van der Waals surface area (Å²) in [7, 11) is 0. The highest BCUT2D eigenvalue weighted by molar-refractivity contribution is 7.98. The average Bonchev–Trinajstić information content (AvgIpc) is 2.79. The first-order valence-corrected chi connectivity index (χ1v) is 6.45. The zero-order valence-electron chi connectivity index (χ0n) is 8.05. The summed E-state index contributed by atoms with van der Waals surface area (Å²) >= 11 is 3.52. The van der Waals surface area contributed by atoms with Gasteiger partial charge in [0.25, 0.3) is 0 Å². The molecule has 2 rings (SSSR count). The number of thiophene rings is 1. The highest BCUT2D eigenvalue weighted by atomic mass is 32.2. The third-order valence-electron chi connectivity index (χ3n) is 1.96. The van der Waals surface area contributed by atoms with E-state index in [1.54, 1.807) is 23.1 Å². The first kappa shape index (κ1) is 10.5. The minimum Gasteiger partial charge on any atom is -0.298 e. The summed E-state index contributed by atoms with van der Waals surface area (Å²) in [5.74, 6) is 0.972. The maximum absolute atomic E-state index is 10.6. The van der Waals surface area contributed by atoms with Crippen LogP contribution < -0.4 is 0 Å². The third-order valence-corrected chi connectivity index (χ3v) is 4.06. The Kier molecular flexibility index (Phi) is 3.59. The van der Waals surface area contributed by atoms with Gasteiger partial charge in [-0.2, -0.15) is 0 Å². The van der Waals surface area contributed by atoms with E-state index in [1.807, 2.05) is 24.3 Å². The second kappa shape index (κ2) is 5.14. The molecule has 15 heavy (non-hydrogen) atoms. The molecule has 0 unspecified atom stereocenters. The lowest BCUT2D eigenvalue weighted by Gasteiger charge is -2.00. The summed E-state index contributed by atoms with van der Waals surface area (Å²) in [6, 6.07) is 11.9. The van der Waals surface area contributed by atoms with Crippen molar-refractivity contribution in [3.8, 4) is 0 Å². The van der Waals surface area contributed by atoms with Gasteiger partial charge < -0.3 is 0 Å². The van der Waals surface area contributed by atoms with E-state index < -0.39 is 0 Å². The van der Waals surface area contributed by atoms with Crippen molar-refractivity contribution in [3.63, 3.8) is 0 Å². The number of rotatable bonds is 4. The number of carbonyl (C=O) groups is 1. The summed E-state index contributed by atoms with van der Waals surface area (Å²) < 4.78 is 0. The third kappa shape index (κ3) is 2.94. The first-order chi connectivity index (χ1) is 7.38. The van der Waals surface area contributed by atoms with Crippen molar-refractivity contribution in [2.45, 2.75) is 10.6 Å². The molecular weight excluding hydrogens is 224 g/mol. The molecule has 0 saturated heterocycles. The van der Waals surface area contributed by atoms with Crippen molar-refractivity contribution in [2.24, 2.45) is 0 Å². The highest BCUT2D eigenvalue weighted by Gasteiger charge is 1.98. The van der Waals surface area contributed by atoms with E-state index in [0.717, 1.165) is 22.5 Å². The SMILES string of the molecule is O=Cc1cccc(SCc2cccs2)c1. The number of thioether (sulfide) groups is 1. The molecule has 1 nitrogen and oxygen atoms in total. The Morgan fingerprint density at radius 1 is 1.27 bits per heavy atom. The van der Waals surface area contributed by atoms with Crippen LogP contribution in [-0.2, 0) is 5.75 Å². The Morgan fingerprint density at radius 2 is 2.20 bits per heavy atom. The van der Waals surface area contributed by atoms with Gasteiger partial charge in [0.1, 0.15) is 6.29 Å². The lowest BCUT2D eigenvalue weighted by Crippen LogP contribution is -1.80. The van der Waals surface area contributed by atoms with Crippen LogP contribution in [0.3, 0.4) is 0 Å². The highest BCUT2D eigenvalue weighted by Crippen LogP contribution is 2.25. The van der Waals surface area contributed by atoms with Crippen LogP contribution in [0.25, 0.3) is 0 Å². The van der Waals surface area contributed by atoms with Crippen LogP contribution in [0.2, 0.25) is 0 Å². The molecule has 0 saturated carbocycles. The topological polar surface area (TPSA) is 17.1 Å². The van der Waals surface area contributed by atoms with Crippen molar-refractivity contribution in [1.82, 2.24) is 0 Å². The monoisotopic (exact) mass is 234 g/mol. The standard InChI is InChI=1S/C12H10OS2/c13-8-10-3-1-4-11(7-10)15-9-12-5-2-6-14-12/h1-8H,9H2. The molecular formula is C12H10OS2. The molecule has 0 spiro atoms. The molecule has 1 aromatic heterocycles. The Hall–Kier alpha value is -1.06. The van der Waals surface area contributed by atoms with Gasteiger partial charge in [0.15, 0.2) is 0 Å². The molecule has 0 atom stereocenters. The lowest BCUT2D eigenvalue weighted by molar-refractivity contribution is 0.112. The van der Waals surface area contributed by atoms with Gasteiger partial charge in [-0.25, -0.2) is 0 Å². The molecule has 3 heteroatoms. The maximum Gasteiger partial charge on any atom is 0.150 e. The van der Waals surface area contributed by atoms with E-state index in [4.69, 9.17) is 0 Å². The molecule has 2 aromatic rings. The van der Waals surface area contributed by atoms with Crippen molar-refractivity contribution >= 4 is 29.4 Å². The maximum atomic E-state index is 10.6. The Bertz CT molecular complexity index is 435. The number of carbonyl (C=O) groups excluding carboxylic acids is 1. The molecule has 76 valence electrons. The molecule has 1 aromatic carbocycles. The van der Waals surface area contributed by atoms with E-state index in [1.165, 1.54) is 4.88 Å². The summed E-state index contributed by atoms with van der Waals surface area (Å²) in [4.78, 5) is 13.1. The van der Waals surface area contributed by atoms with Gasteiger partial charge in [-0.1, -0.05) is 18.2 Å². The molecule has 1 heterocycles. The summed E-state index contributed by atoms with van der Waals surface area (Å²) in [6.07, 6.45) is 0.884. The second-order valence-electron chi connectivity index (χ2n) is 3.06. The number of hydrogen-bond acceptors (Lipinski definition) is 3.